The van der Waals surface area contributed by atoms with Crippen LogP contribution in [0.25, 0.3) is 16.9 Å². The van der Waals surface area contributed by atoms with E-state index in [4.69, 9.17) is 14.2 Å². The van der Waals surface area contributed by atoms with Crippen molar-refractivity contribution in [1.82, 2.24) is 34.3 Å². The highest BCUT2D eigenvalue weighted by atomic mass is 16.6. The fourth-order valence-electron chi connectivity index (χ4n) is 4.97. The lowest BCUT2D eigenvalue weighted by Crippen LogP contribution is -2.42. The van der Waals surface area contributed by atoms with Crippen LogP contribution in [0.2, 0.25) is 0 Å². The minimum absolute atomic E-state index is 0.103. The summed E-state index contributed by atoms with van der Waals surface area (Å²) in [6.07, 6.45) is 5.68. The van der Waals surface area contributed by atoms with Crippen LogP contribution in [0.4, 0.5) is 4.79 Å². The van der Waals surface area contributed by atoms with Crippen LogP contribution < -0.4 is 9.47 Å². The molecule has 1 amide bonds. The predicted molar refractivity (Wildman–Crippen MR) is 150 cm³/mol. The number of rotatable bonds is 6. The summed E-state index contributed by atoms with van der Waals surface area (Å²) in [6, 6.07) is 7.87. The minimum atomic E-state index is -0.527. The molecule has 4 aromatic rings. The number of piperidine rings is 1. The van der Waals surface area contributed by atoms with E-state index in [0.717, 1.165) is 29.7 Å². The van der Waals surface area contributed by atoms with Gasteiger partial charge in [-0.25, -0.2) is 14.5 Å². The van der Waals surface area contributed by atoms with E-state index >= 15 is 0 Å². The molecule has 0 spiro atoms. The molecule has 0 bridgehead atoms. The van der Waals surface area contributed by atoms with Crippen LogP contribution in [0.5, 0.6) is 11.6 Å². The molecule has 1 aliphatic heterocycles. The number of likely N-dealkylation sites (tertiary alicyclic amines) is 1. The van der Waals surface area contributed by atoms with Crippen LogP contribution in [0.1, 0.15) is 69.6 Å². The molecule has 12 heteroatoms. The van der Waals surface area contributed by atoms with Gasteiger partial charge in [0.1, 0.15) is 40.6 Å². The molecule has 1 fully saturated rings. The molecule has 5 rings (SSSR count). The van der Waals surface area contributed by atoms with Gasteiger partial charge in [0, 0.05) is 36.5 Å². The van der Waals surface area contributed by atoms with Crippen LogP contribution >= 0.6 is 0 Å². The molecule has 0 aromatic carbocycles. The highest BCUT2D eigenvalue weighted by molar-refractivity contribution is 5.69. The van der Waals surface area contributed by atoms with Gasteiger partial charge < -0.3 is 19.1 Å². The van der Waals surface area contributed by atoms with Crippen LogP contribution in [-0.2, 0) is 4.74 Å². The first kappa shape index (κ1) is 27.9. The van der Waals surface area contributed by atoms with Gasteiger partial charge in [-0.2, -0.15) is 5.26 Å². The first-order chi connectivity index (χ1) is 19.6. The Labute approximate surface area is 238 Å². The lowest BCUT2D eigenvalue weighted by molar-refractivity contribution is 0.0183. The molecule has 41 heavy (non-hydrogen) atoms. The fraction of sp³-hybridized carbons (Fsp3) is 0.448. The van der Waals surface area contributed by atoms with Gasteiger partial charge in [-0.3, -0.25) is 9.38 Å². The third kappa shape index (κ3) is 5.79. The number of imidazole rings is 1. The van der Waals surface area contributed by atoms with Crippen molar-refractivity contribution in [3.8, 4) is 29.0 Å². The Morgan fingerprint density at radius 3 is 2.59 bits per heavy atom. The zero-order valence-electron chi connectivity index (χ0n) is 24.2. The number of nitrogens with zero attached hydrogens (tertiary/aromatic N) is 8. The van der Waals surface area contributed by atoms with Crippen molar-refractivity contribution in [2.75, 3.05) is 20.2 Å². The van der Waals surface area contributed by atoms with E-state index in [0.29, 0.717) is 41.8 Å². The Hall–Kier alpha value is -4.66. The van der Waals surface area contributed by atoms with Crippen LogP contribution in [-0.4, -0.2) is 66.2 Å². The molecule has 1 aliphatic rings. The third-order valence-corrected chi connectivity index (χ3v) is 7.09. The van der Waals surface area contributed by atoms with E-state index in [9.17, 15) is 10.1 Å². The lowest BCUT2D eigenvalue weighted by atomic mass is 10.0. The van der Waals surface area contributed by atoms with Gasteiger partial charge in [-0.1, -0.05) is 5.21 Å². The predicted octanol–water partition coefficient (Wildman–Crippen LogP) is 4.89. The number of hydrogen-bond donors (Lipinski definition) is 0. The Balaban J connectivity index is 1.41. The molecule has 1 saturated heterocycles. The highest BCUT2D eigenvalue weighted by Crippen LogP contribution is 2.33. The SMILES string of the molecule is COc1cncc(C(C)Oc2cc(-c3nnn(C4CCN(C(=O)OC(C)(C)C)CC4)c3C)cc3ncc(C#N)n23)c1. The molecule has 0 radical (unpaired) electrons. The summed E-state index contributed by atoms with van der Waals surface area (Å²) in [5.41, 5.74) is 3.58. The van der Waals surface area contributed by atoms with Crippen molar-refractivity contribution in [2.24, 2.45) is 0 Å². The van der Waals surface area contributed by atoms with Crippen LogP contribution in [0, 0.1) is 18.3 Å². The van der Waals surface area contributed by atoms with Crippen LogP contribution in [0.15, 0.2) is 36.8 Å². The average molecular weight is 559 g/mol. The Bertz CT molecular complexity index is 1610. The summed E-state index contributed by atoms with van der Waals surface area (Å²) < 4.78 is 20.8. The number of carbonyl (C=O) groups excluding carboxylic acids is 1. The topological polar surface area (TPSA) is 133 Å². The molecule has 0 saturated carbocycles. The number of carbonyl (C=O) groups is 1. The van der Waals surface area contributed by atoms with E-state index in [-0.39, 0.29) is 12.1 Å². The van der Waals surface area contributed by atoms with Gasteiger partial charge in [0.05, 0.1) is 31.2 Å². The third-order valence-electron chi connectivity index (χ3n) is 7.09. The number of fused-ring (bicyclic) bond motifs is 1. The maximum atomic E-state index is 12.5. The molecule has 214 valence electrons. The smallest absolute Gasteiger partial charge is 0.410 e. The van der Waals surface area contributed by atoms with E-state index in [1.165, 1.54) is 6.20 Å². The summed E-state index contributed by atoms with van der Waals surface area (Å²) in [6.45, 7) is 10.7. The van der Waals surface area contributed by atoms with Gasteiger partial charge in [0.15, 0.2) is 0 Å². The summed E-state index contributed by atoms with van der Waals surface area (Å²) in [7, 11) is 1.59. The summed E-state index contributed by atoms with van der Waals surface area (Å²) in [5, 5.41) is 18.7. The second-order valence-corrected chi connectivity index (χ2v) is 11.1. The number of nitriles is 1. The fourth-order valence-corrected chi connectivity index (χ4v) is 4.97. The molecule has 0 N–H and O–H groups in total. The number of aromatic nitrogens is 6. The largest absolute Gasteiger partial charge is 0.495 e. The van der Waals surface area contributed by atoms with E-state index in [1.807, 2.05) is 57.5 Å². The number of amides is 1. The molecule has 5 heterocycles. The number of pyridine rings is 2. The molecular weight excluding hydrogens is 524 g/mol. The van der Waals surface area contributed by atoms with Crippen molar-refractivity contribution < 1.29 is 19.0 Å². The van der Waals surface area contributed by atoms with Crippen molar-refractivity contribution >= 4 is 11.7 Å². The quantitative estimate of drug-likeness (QED) is 0.324. The zero-order chi connectivity index (χ0) is 29.3. The van der Waals surface area contributed by atoms with Gasteiger partial charge >= 0.3 is 6.09 Å². The average Bonchev–Trinajstić information content (AvgIpc) is 3.55. The summed E-state index contributed by atoms with van der Waals surface area (Å²) in [5.74, 6) is 1.07. The number of ether oxygens (including phenoxy) is 3. The Morgan fingerprint density at radius 2 is 1.90 bits per heavy atom. The molecule has 0 aliphatic carbocycles. The summed E-state index contributed by atoms with van der Waals surface area (Å²) >= 11 is 0. The lowest BCUT2D eigenvalue weighted by Gasteiger charge is -2.33. The first-order valence-corrected chi connectivity index (χ1v) is 13.5. The molecular formula is C29H34N8O4. The standard InChI is InChI=1S/C29H34N8O4/c1-18-27(33-34-37(18)22-7-9-35(10-8-22)28(38)41-29(3,4)5)20-12-25-32-16-23(14-30)36(25)26(13-20)40-19(2)21-11-24(39-6)17-31-15-21/h11-13,15-17,19,22H,7-10H2,1-6H3. The maximum absolute atomic E-state index is 12.5. The summed E-state index contributed by atoms with van der Waals surface area (Å²) in [4.78, 5) is 22.9. The van der Waals surface area contributed by atoms with Gasteiger partial charge in [-0.15, -0.1) is 5.10 Å². The van der Waals surface area contributed by atoms with Crippen molar-refractivity contribution in [3.63, 3.8) is 0 Å². The van der Waals surface area contributed by atoms with Crippen molar-refractivity contribution in [3.05, 3.63) is 53.7 Å². The van der Waals surface area contributed by atoms with Gasteiger partial charge in [0.2, 0.25) is 5.88 Å². The van der Waals surface area contributed by atoms with Gasteiger partial charge in [-0.05, 0) is 59.6 Å². The molecule has 4 aromatic heterocycles. The Morgan fingerprint density at radius 1 is 1.15 bits per heavy atom. The first-order valence-electron chi connectivity index (χ1n) is 13.5. The van der Waals surface area contributed by atoms with Crippen molar-refractivity contribution in [1.29, 1.82) is 5.26 Å². The molecule has 1 unspecified atom stereocenters. The highest BCUT2D eigenvalue weighted by Gasteiger charge is 2.29. The second-order valence-electron chi connectivity index (χ2n) is 11.1. The normalized spacial score (nSPS) is 15.0. The van der Waals surface area contributed by atoms with E-state index in [2.05, 4.69) is 26.3 Å². The molecule has 12 nitrogen and oxygen atoms in total. The molecule has 1 atom stereocenters. The zero-order valence-corrected chi connectivity index (χ0v) is 24.2. The number of methoxy groups -OCH3 is 1. The van der Waals surface area contributed by atoms with Gasteiger partial charge in [0.25, 0.3) is 0 Å². The van der Waals surface area contributed by atoms with Crippen molar-refractivity contribution in [2.45, 2.75) is 65.2 Å². The van der Waals surface area contributed by atoms with Crippen LogP contribution in [0.3, 0.4) is 0 Å². The minimum Gasteiger partial charge on any atom is -0.495 e. The number of hydrogen-bond acceptors (Lipinski definition) is 9. The second kappa shape index (κ2) is 11.1. The Kier molecular flexibility index (Phi) is 7.53. The maximum Gasteiger partial charge on any atom is 0.410 e. The monoisotopic (exact) mass is 558 g/mol. The van der Waals surface area contributed by atoms with E-state index in [1.54, 1.807) is 28.8 Å². The van der Waals surface area contributed by atoms with E-state index < -0.39 is 11.7 Å².